The van der Waals surface area contributed by atoms with Gasteiger partial charge in [-0.05, 0) is 23.3 Å². The molecule has 0 unspecified atom stereocenters. The molecule has 0 fully saturated rings. The van der Waals surface area contributed by atoms with E-state index in [0.717, 1.165) is 22.9 Å². The predicted molar refractivity (Wildman–Crippen MR) is 132 cm³/mol. The number of nitrogens with one attached hydrogen (secondary N) is 1. The second kappa shape index (κ2) is 10.8. The lowest BCUT2D eigenvalue weighted by atomic mass is 10.1. The number of aliphatic carboxylic acids is 1. The smallest absolute Gasteiger partial charge is 0.326 e. The first-order chi connectivity index (χ1) is 16.5. The Morgan fingerprint density at radius 3 is 2.21 bits per heavy atom. The minimum atomic E-state index is -1.10. The summed E-state index contributed by atoms with van der Waals surface area (Å²) in [5, 5.41) is 13.0. The number of carboxylic acids is 1. The number of carbonyl (C=O) groups excluding carboxylic acids is 1. The van der Waals surface area contributed by atoms with Gasteiger partial charge in [-0.2, -0.15) is 0 Å². The number of aromatic nitrogens is 2. The fraction of sp³-hybridized carbons (Fsp3) is 0.154. The van der Waals surface area contributed by atoms with Gasteiger partial charge in [0.25, 0.3) is 5.56 Å². The summed E-state index contributed by atoms with van der Waals surface area (Å²) in [6.45, 7) is 0.313. The lowest BCUT2D eigenvalue weighted by Crippen LogP contribution is -2.43. The van der Waals surface area contributed by atoms with Crippen LogP contribution >= 0.6 is 11.8 Å². The van der Waals surface area contributed by atoms with Crippen molar-refractivity contribution >= 4 is 34.5 Å². The zero-order valence-electron chi connectivity index (χ0n) is 18.3. The lowest BCUT2D eigenvalue weighted by Gasteiger charge is -2.16. The minimum absolute atomic E-state index is 0.0713. The second-order valence-corrected chi connectivity index (χ2v) is 8.67. The molecule has 1 aromatic heterocycles. The SMILES string of the molecule is O=C(CSc1nc2ccccc2c(=O)n1Cc1ccccc1)N[C@@H](Cc1ccccc1)C(=O)O. The molecule has 34 heavy (non-hydrogen) atoms. The lowest BCUT2D eigenvalue weighted by molar-refractivity contribution is -0.141. The highest BCUT2D eigenvalue weighted by Gasteiger charge is 2.21. The summed E-state index contributed by atoms with van der Waals surface area (Å²) in [4.78, 5) is 42.1. The van der Waals surface area contributed by atoms with Crippen molar-refractivity contribution in [2.24, 2.45) is 0 Å². The summed E-state index contributed by atoms with van der Waals surface area (Å²) in [5.41, 5.74) is 2.11. The van der Waals surface area contributed by atoms with Crippen molar-refractivity contribution in [2.75, 3.05) is 5.75 Å². The maximum Gasteiger partial charge on any atom is 0.326 e. The maximum absolute atomic E-state index is 13.2. The molecule has 0 aliphatic rings. The van der Waals surface area contributed by atoms with Gasteiger partial charge in [-0.3, -0.25) is 14.2 Å². The molecule has 0 aliphatic carbocycles. The van der Waals surface area contributed by atoms with Crippen LogP contribution in [0.1, 0.15) is 11.1 Å². The molecule has 4 rings (SSSR count). The van der Waals surface area contributed by atoms with Crippen LogP contribution in [0.25, 0.3) is 10.9 Å². The van der Waals surface area contributed by atoms with Crippen LogP contribution in [0, 0.1) is 0 Å². The van der Waals surface area contributed by atoms with E-state index in [2.05, 4.69) is 10.3 Å². The van der Waals surface area contributed by atoms with Gasteiger partial charge < -0.3 is 10.4 Å². The molecular weight excluding hydrogens is 450 g/mol. The number of carboxylic acid groups (broad SMARTS) is 1. The number of hydrogen-bond donors (Lipinski definition) is 2. The molecule has 1 heterocycles. The Kier molecular flexibility index (Phi) is 7.39. The molecular formula is C26H23N3O4S. The molecule has 0 saturated carbocycles. The van der Waals surface area contributed by atoms with Crippen LogP contribution in [0.2, 0.25) is 0 Å². The molecule has 0 aliphatic heterocycles. The first-order valence-corrected chi connectivity index (χ1v) is 11.7. The van der Waals surface area contributed by atoms with Crippen molar-refractivity contribution < 1.29 is 14.7 Å². The van der Waals surface area contributed by atoms with E-state index in [1.54, 1.807) is 28.8 Å². The number of fused-ring (bicyclic) bond motifs is 1. The van der Waals surface area contributed by atoms with Crippen LogP contribution in [0.4, 0.5) is 0 Å². The van der Waals surface area contributed by atoms with E-state index in [1.807, 2.05) is 60.7 Å². The van der Waals surface area contributed by atoms with Crippen molar-refractivity contribution in [3.05, 3.63) is 106 Å². The number of para-hydroxylation sites is 1. The molecule has 0 bridgehead atoms. The average Bonchev–Trinajstić information content (AvgIpc) is 2.85. The van der Waals surface area contributed by atoms with Gasteiger partial charge in [0.1, 0.15) is 6.04 Å². The maximum atomic E-state index is 13.2. The van der Waals surface area contributed by atoms with Crippen LogP contribution in [0.3, 0.4) is 0 Å². The topological polar surface area (TPSA) is 101 Å². The Morgan fingerprint density at radius 1 is 0.912 bits per heavy atom. The van der Waals surface area contributed by atoms with E-state index in [-0.39, 0.29) is 17.7 Å². The van der Waals surface area contributed by atoms with Crippen LogP contribution in [-0.4, -0.2) is 38.3 Å². The van der Waals surface area contributed by atoms with Gasteiger partial charge in [-0.1, -0.05) is 84.6 Å². The fourth-order valence-electron chi connectivity index (χ4n) is 3.58. The van der Waals surface area contributed by atoms with Crippen molar-refractivity contribution in [3.63, 3.8) is 0 Å². The number of thioether (sulfide) groups is 1. The first kappa shape index (κ1) is 23.3. The average molecular weight is 474 g/mol. The summed E-state index contributed by atoms with van der Waals surface area (Å²) in [6.07, 6.45) is 0.180. The standard InChI is InChI=1S/C26H23N3O4S/c30-23(27-22(25(32)33)15-18-9-3-1-4-10-18)17-34-26-28-21-14-8-7-13-20(21)24(31)29(26)16-19-11-5-2-6-12-19/h1-14,22H,15-17H2,(H,27,30)(H,32,33)/t22-/m0/s1. The van der Waals surface area contributed by atoms with Crippen molar-refractivity contribution in [2.45, 2.75) is 24.2 Å². The Hall–Kier alpha value is -3.91. The van der Waals surface area contributed by atoms with Crippen molar-refractivity contribution in [1.82, 2.24) is 14.9 Å². The van der Waals surface area contributed by atoms with E-state index in [9.17, 15) is 19.5 Å². The number of hydrogen-bond acceptors (Lipinski definition) is 5. The Balaban J connectivity index is 1.53. The van der Waals surface area contributed by atoms with E-state index in [0.29, 0.717) is 22.6 Å². The Morgan fingerprint density at radius 2 is 1.53 bits per heavy atom. The monoisotopic (exact) mass is 473 g/mol. The van der Waals surface area contributed by atoms with Crippen LogP contribution in [-0.2, 0) is 22.6 Å². The molecule has 0 spiro atoms. The molecule has 8 heteroatoms. The number of carbonyl (C=O) groups is 2. The normalized spacial score (nSPS) is 11.8. The van der Waals surface area contributed by atoms with Gasteiger partial charge in [-0.25, -0.2) is 9.78 Å². The van der Waals surface area contributed by atoms with Gasteiger partial charge in [0.05, 0.1) is 23.2 Å². The zero-order chi connectivity index (χ0) is 23.9. The molecule has 1 amide bonds. The van der Waals surface area contributed by atoms with E-state index >= 15 is 0 Å². The van der Waals surface area contributed by atoms with Gasteiger partial charge in [-0.15, -0.1) is 0 Å². The zero-order valence-corrected chi connectivity index (χ0v) is 19.1. The van der Waals surface area contributed by atoms with Gasteiger partial charge in [0, 0.05) is 6.42 Å². The summed E-state index contributed by atoms with van der Waals surface area (Å²) in [7, 11) is 0. The number of amides is 1. The Labute approximate surface area is 200 Å². The van der Waals surface area contributed by atoms with Crippen LogP contribution in [0.15, 0.2) is 94.9 Å². The fourth-order valence-corrected chi connectivity index (χ4v) is 4.39. The predicted octanol–water partition coefficient (Wildman–Crippen LogP) is 3.35. The molecule has 2 N–H and O–H groups in total. The van der Waals surface area contributed by atoms with E-state index < -0.39 is 17.9 Å². The second-order valence-electron chi connectivity index (χ2n) is 7.73. The summed E-state index contributed by atoms with van der Waals surface area (Å²) >= 11 is 1.11. The quantitative estimate of drug-likeness (QED) is 0.286. The van der Waals surface area contributed by atoms with Crippen LogP contribution < -0.4 is 10.9 Å². The highest BCUT2D eigenvalue weighted by molar-refractivity contribution is 7.99. The third-order valence-electron chi connectivity index (χ3n) is 5.26. The molecule has 4 aromatic rings. The van der Waals surface area contributed by atoms with Crippen molar-refractivity contribution in [3.8, 4) is 0 Å². The number of benzene rings is 3. The van der Waals surface area contributed by atoms with E-state index in [1.165, 1.54) is 0 Å². The molecule has 1 atom stereocenters. The highest BCUT2D eigenvalue weighted by atomic mass is 32.2. The summed E-state index contributed by atoms with van der Waals surface area (Å²) in [6, 6.07) is 24.7. The van der Waals surface area contributed by atoms with Gasteiger partial charge in [0.15, 0.2) is 5.16 Å². The minimum Gasteiger partial charge on any atom is -0.480 e. The molecule has 0 saturated heterocycles. The Bertz CT molecular complexity index is 1360. The molecule has 172 valence electrons. The van der Waals surface area contributed by atoms with Gasteiger partial charge >= 0.3 is 5.97 Å². The summed E-state index contributed by atoms with van der Waals surface area (Å²) in [5.74, 6) is -1.62. The van der Waals surface area contributed by atoms with E-state index in [4.69, 9.17) is 0 Å². The number of nitrogens with zero attached hydrogens (tertiary/aromatic N) is 2. The molecule has 0 radical (unpaired) electrons. The first-order valence-electron chi connectivity index (χ1n) is 10.7. The summed E-state index contributed by atoms with van der Waals surface area (Å²) < 4.78 is 1.55. The van der Waals surface area contributed by atoms with Gasteiger partial charge in [0.2, 0.25) is 5.91 Å². The largest absolute Gasteiger partial charge is 0.480 e. The third kappa shape index (κ3) is 5.71. The number of rotatable bonds is 9. The van der Waals surface area contributed by atoms with Crippen molar-refractivity contribution in [1.29, 1.82) is 0 Å². The molecule has 3 aromatic carbocycles. The third-order valence-corrected chi connectivity index (χ3v) is 6.23. The van der Waals surface area contributed by atoms with Crippen LogP contribution in [0.5, 0.6) is 0 Å². The highest BCUT2D eigenvalue weighted by Crippen LogP contribution is 2.19. The molecule has 7 nitrogen and oxygen atoms in total.